The highest BCUT2D eigenvalue weighted by atomic mass is 16.5. The fourth-order valence-corrected chi connectivity index (χ4v) is 4.35. The average Bonchev–Trinajstić information content (AvgIpc) is 3.58. The van der Waals surface area contributed by atoms with E-state index in [2.05, 4.69) is 5.32 Å². The molecular formula is C29H35N3O5. The van der Waals surface area contributed by atoms with Gasteiger partial charge in [0.1, 0.15) is 23.8 Å². The van der Waals surface area contributed by atoms with Gasteiger partial charge in [0.15, 0.2) is 0 Å². The lowest BCUT2D eigenvalue weighted by molar-refractivity contribution is -0.132. The second-order valence-electron chi connectivity index (χ2n) is 9.24. The molecule has 0 aliphatic carbocycles. The van der Waals surface area contributed by atoms with E-state index in [1.54, 1.807) is 41.2 Å². The van der Waals surface area contributed by atoms with Crippen molar-refractivity contribution in [2.75, 3.05) is 38.7 Å². The second-order valence-corrected chi connectivity index (χ2v) is 9.24. The van der Waals surface area contributed by atoms with Crippen LogP contribution in [0.25, 0.3) is 0 Å². The molecule has 1 aromatic heterocycles. The summed E-state index contributed by atoms with van der Waals surface area (Å²) < 4.78 is 16.7. The maximum atomic E-state index is 13.6. The molecule has 0 spiro atoms. The number of nitrogens with one attached hydrogen (secondary N) is 1. The van der Waals surface area contributed by atoms with Gasteiger partial charge in [0.25, 0.3) is 0 Å². The van der Waals surface area contributed by atoms with Gasteiger partial charge in [-0.1, -0.05) is 30.3 Å². The van der Waals surface area contributed by atoms with E-state index in [4.69, 9.17) is 13.9 Å². The van der Waals surface area contributed by atoms with E-state index in [-0.39, 0.29) is 24.6 Å². The standard InChI is InChI=1S/C29H35N3O5/c1-22-10-13-27(37-22)20-31(17-16-23-7-4-3-5-8-23)28(33)21-32(19-26-9-6-18-36-26)29(34)30-24-11-14-25(35-2)15-12-24/h3-5,7-8,10-15,26H,6,9,16-21H2,1-2H3,(H,30,34)/t26-/m1/s1. The molecule has 1 saturated heterocycles. The number of carbonyl (C=O) groups is 2. The lowest BCUT2D eigenvalue weighted by Gasteiger charge is -2.29. The van der Waals surface area contributed by atoms with Crippen LogP contribution in [0, 0.1) is 6.92 Å². The molecule has 196 valence electrons. The van der Waals surface area contributed by atoms with Gasteiger partial charge in [0.05, 0.1) is 19.8 Å². The number of methoxy groups -OCH3 is 1. The maximum Gasteiger partial charge on any atom is 0.322 e. The van der Waals surface area contributed by atoms with Crippen LogP contribution in [0.15, 0.2) is 71.1 Å². The Morgan fingerprint density at radius 1 is 1.03 bits per heavy atom. The summed E-state index contributed by atoms with van der Waals surface area (Å²) in [5, 5.41) is 2.91. The second kappa shape index (κ2) is 13.0. The molecule has 1 atom stereocenters. The molecule has 2 aromatic carbocycles. The maximum absolute atomic E-state index is 13.6. The molecule has 8 heteroatoms. The van der Waals surface area contributed by atoms with Crippen LogP contribution in [0.2, 0.25) is 0 Å². The third kappa shape index (κ3) is 7.85. The molecule has 0 unspecified atom stereocenters. The van der Waals surface area contributed by atoms with E-state index in [1.165, 1.54) is 0 Å². The van der Waals surface area contributed by atoms with Gasteiger partial charge in [-0.15, -0.1) is 0 Å². The van der Waals surface area contributed by atoms with Crippen LogP contribution in [0.5, 0.6) is 5.75 Å². The van der Waals surface area contributed by atoms with Gasteiger partial charge in [-0.3, -0.25) is 4.79 Å². The first-order valence-electron chi connectivity index (χ1n) is 12.7. The SMILES string of the molecule is COc1ccc(NC(=O)N(CC(=O)N(CCc2ccccc2)Cc2ccc(C)o2)C[C@H]2CCCO2)cc1. The summed E-state index contributed by atoms with van der Waals surface area (Å²) in [6, 6.07) is 20.6. The minimum Gasteiger partial charge on any atom is -0.497 e. The summed E-state index contributed by atoms with van der Waals surface area (Å²) in [4.78, 5) is 30.2. The minimum atomic E-state index is -0.342. The molecule has 37 heavy (non-hydrogen) atoms. The number of hydrogen-bond acceptors (Lipinski definition) is 5. The molecular weight excluding hydrogens is 470 g/mol. The Bertz CT molecular complexity index is 1140. The summed E-state index contributed by atoms with van der Waals surface area (Å²) in [6.45, 7) is 3.69. The van der Waals surface area contributed by atoms with Crippen LogP contribution < -0.4 is 10.1 Å². The molecule has 3 aromatic rings. The number of amides is 3. The quantitative estimate of drug-likeness (QED) is 0.402. The van der Waals surface area contributed by atoms with Crippen molar-refractivity contribution in [1.82, 2.24) is 9.80 Å². The fraction of sp³-hybridized carbons (Fsp3) is 0.379. The first kappa shape index (κ1) is 26.3. The molecule has 1 aliphatic heterocycles. The zero-order chi connectivity index (χ0) is 26.0. The van der Waals surface area contributed by atoms with Crippen molar-refractivity contribution < 1.29 is 23.5 Å². The lowest BCUT2D eigenvalue weighted by Crippen LogP contribution is -2.47. The van der Waals surface area contributed by atoms with Gasteiger partial charge in [-0.25, -0.2) is 4.79 Å². The van der Waals surface area contributed by atoms with Gasteiger partial charge in [0.2, 0.25) is 5.91 Å². The van der Waals surface area contributed by atoms with E-state index in [9.17, 15) is 9.59 Å². The van der Waals surface area contributed by atoms with Crippen molar-refractivity contribution in [3.8, 4) is 5.75 Å². The molecule has 8 nitrogen and oxygen atoms in total. The van der Waals surface area contributed by atoms with E-state index in [0.717, 1.165) is 24.2 Å². The largest absolute Gasteiger partial charge is 0.497 e. The van der Waals surface area contributed by atoms with Crippen LogP contribution in [0.3, 0.4) is 0 Å². The third-order valence-electron chi connectivity index (χ3n) is 6.41. The Morgan fingerprint density at radius 2 is 1.81 bits per heavy atom. The zero-order valence-electron chi connectivity index (χ0n) is 21.5. The molecule has 3 amide bonds. The summed E-state index contributed by atoms with van der Waals surface area (Å²) >= 11 is 0. The van der Waals surface area contributed by atoms with Crippen molar-refractivity contribution >= 4 is 17.6 Å². The third-order valence-corrected chi connectivity index (χ3v) is 6.41. The highest BCUT2D eigenvalue weighted by Crippen LogP contribution is 2.18. The Kier molecular flexibility index (Phi) is 9.21. The molecule has 1 N–H and O–H groups in total. The number of hydrogen-bond donors (Lipinski definition) is 1. The molecule has 1 fully saturated rings. The van der Waals surface area contributed by atoms with Gasteiger partial charge >= 0.3 is 6.03 Å². The van der Waals surface area contributed by atoms with Crippen LogP contribution >= 0.6 is 0 Å². The molecule has 4 rings (SSSR count). The van der Waals surface area contributed by atoms with Crippen molar-refractivity contribution in [3.63, 3.8) is 0 Å². The highest BCUT2D eigenvalue weighted by Gasteiger charge is 2.27. The van der Waals surface area contributed by atoms with E-state index < -0.39 is 0 Å². The first-order chi connectivity index (χ1) is 18.0. The van der Waals surface area contributed by atoms with Crippen molar-refractivity contribution in [2.45, 2.75) is 38.8 Å². The smallest absolute Gasteiger partial charge is 0.322 e. The predicted octanol–water partition coefficient (Wildman–Crippen LogP) is 4.88. The number of rotatable bonds is 11. The first-order valence-corrected chi connectivity index (χ1v) is 12.7. The zero-order valence-corrected chi connectivity index (χ0v) is 21.5. The van der Waals surface area contributed by atoms with Gasteiger partial charge in [-0.2, -0.15) is 0 Å². The Balaban J connectivity index is 1.47. The summed E-state index contributed by atoms with van der Waals surface area (Å²) in [6.07, 6.45) is 2.44. The summed E-state index contributed by atoms with van der Waals surface area (Å²) in [5.74, 6) is 2.07. The lowest BCUT2D eigenvalue weighted by atomic mass is 10.1. The number of nitrogens with zero attached hydrogens (tertiary/aromatic N) is 2. The highest BCUT2D eigenvalue weighted by molar-refractivity contribution is 5.92. The number of furan rings is 1. The normalized spacial score (nSPS) is 14.8. The van der Waals surface area contributed by atoms with Crippen molar-refractivity contribution in [3.05, 3.63) is 83.8 Å². The Morgan fingerprint density at radius 3 is 2.46 bits per heavy atom. The number of benzene rings is 2. The summed E-state index contributed by atoms with van der Waals surface area (Å²) in [5.41, 5.74) is 1.77. The van der Waals surface area contributed by atoms with E-state index >= 15 is 0 Å². The minimum absolute atomic E-state index is 0.0592. The van der Waals surface area contributed by atoms with Crippen molar-refractivity contribution in [1.29, 1.82) is 0 Å². The number of carbonyl (C=O) groups excluding carboxylic acids is 2. The van der Waals surface area contributed by atoms with Gasteiger partial charge in [-0.05, 0) is 68.1 Å². The van der Waals surface area contributed by atoms with Gasteiger partial charge in [0, 0.05) is 25.4 Å². The Labute approximate surface area is 218 Å². The summed E-state index contributed by atoms with van der Waals surface area (Å²) in [7, 11) is 1.59. The molecule has 0 saturated carbocycles. The molecule has 0 radical (unpaired) electrons. The average molecular weight is 506 g/mol. The number of ether oxygens (including phenoxy) is 2. The number of aryl methyl sites for hydroxylation is 1. The molecule has 0 bridgehead atoms. The van der Waals surface area contributed by atoms with Crippen LogP contribution in [0.4, 0.5) is 10.5 Å². The number of anilines is 1. The molecule has 1 aliphatic rings. The molecule has 2 heterocycles. The van der Waals surface area contributed by atoms with E-state index in [0.29, 0.717) is 49.9 Å². The Hall–Kier alpha value is -3.78. The number of urea groups is 1. The van der Waals surface area contributed by atoms with E-state index in [1.807, 2.05) is 49.4 Å². The van der Waals surface area contributed by atoms with Crippen LogP contribution in [-0.4, -0.2) is 61.2 Å². The monoisotopic (exact) mass is 505 g/mol. The van der Waals surface area contributed by atoms with Crippen LogP contribution in [0.1, 0.15) is 29.9 Å². The topological polar surface area (TPSA) is 84.3 Å². The van der Waals surface area contributed by atoms with Crippen LogP contribution in [-0.2, 0) is 22.5 Å². The predicted molar refractivity (Wildman–Crippen MR) is 142 cm³/mol. The van der Waals surface area contributed by atoms with Gasteiger partial charge < -0.3 is 29.0 Å². The fourth-order valence-electron chi connectivity index (χ4n) is 4.35. The van der Waals surface area contributed by atoms with Crippen molar-refractivity contribution in [2.24, 2.45) is 0 Å².